The van der Waals surface area contributed by atoms with Crippen molar-refractivity contribution in [2.75, 3.05) is 19.8 Å². The van der Waals surface area contributed by atoms with E-state index in [1.54, 1.807) is 0 Å². The fraction of sp³-hybridized carbons (Fsp3) is 1.00. The first-order chi connectivity index (χ1) is 7.16. The summed E-state index contributed by atoms with van der Waals surface area (Å²) in [7, 11) is 0. The van der Waals surface area contributed by atoms with E-state index in [4.69, 9.17) is 10.5 Å². The van der Waals surface area contributed by atoms with Gasteiger partial charge < -0.3 is 10.5 Å². The molecule has 0 saturated carbocycles. The third kappa shape index (κ3) is 3.74. The van der Waals surface area contributed by atoms with Gasteiger partial charge in [0.25, 0.3) is 0 Å². The minimum atomic E-state index is 0.273. The minimum Gasteiger partial charge on any atom is -0.380 e. The van der Waals surface area contributed by atoms with Crippen molar-refractivity contribution >= 4 is 0 Å². The summed E-state index contributed by atoms with van der Waals surface area (Å²) in [4.78, 5) is 2.53. The van der Waals surface area contributed by atoms with Crippen molar-refractivity contribution in [2.24, 2.45) is 5.73 Å². The van der Waals surface area contributed by atoms with Crippen LogP contribution in [0.5, 0.6) is 0 Å². The van der Waals surface area contributed by atoms with Crippen LogP contribution in [-0.4, -0.2) is 42.8 Å². The quantitative estimate of drug-likeness (QED) is 0.755. The van der Waals surface area contributed by atoms with E-state index in [2.05, 4.69) is 18.7 Å². The molecule has 3 nitrogen and oxygen atoms in total. The molecule has 1 heterocycles. The molecule has 0 aromatic rings. The van der Waals surface area contributed by atoms with Crippen molar-refractivity contribution in [3.8, 4) is 0 Å². The maximum Gasteiger partial charge on any atom is 0.0619 e. The highest BCUT2D eigenvalue weighted by atomic mass is 16.5. The van der Waals surface area contributed by atoms with E-state index in [0.717, 1.165) is 13.2 Å². The lowest BCUT2D eigenvalue weighted by molar-refractivity contribution is 0.0280. The molecule has 0 aromatic heterocycles. The molecule has 15 heavy (non-hydrogen) atoms. The molecule has 3 atom stereocenters. The van der Waals surface area contributed by atoms with E-state index in [1.807, 2.05) is 6.92 Å². The van der Waals surface area contributed by atoms with E-state index in [0.29, 0.717) is 12.1 Å². The fourth-order valence-electron chi connectivity index (χ4n) is 2.48. The zero-order valence-electron chi connectivity index (χ0n) is 10.4. The Morgan fingerprint density at radius 1 is 1.40 bits per heavy atom. The molecule has 0 aromatic carbocycles. The highest BCUT2D eigenvalue weighted by molar-refractivity contribution is 4.85. The Bertz CT molecular complexity index is 173. The number of piperidine rings is 1. The van der Waals surface area contributed by atoms with Crippen molar-refractivity contribution in [3.05, 3.63) is 0 Å². The Morgan fingerprint density at radius 3 is 2.73 bits per heavy atom. The lowest BCUT2D eigenvalue weighted by Gasteiger charge is -2.41. The van der Waals surface area contributed by atoms with Crippen LogP contribution in [0.15, 0.2) is 0 Å². The molecule has 90 valence electrons. The lowest BCUT2D eigenvalue weighted by atomic mass is 9.95. The van der Waals surface area contributed by atoms with Crippen LogP contribution in [0.4, 0.5) is 0 Å². The molecule has 0 amide bonds. The van der Waals surface area contributed by atoms with Crippen molar-refractivity contribution in [2.45, 2.75) is 58.2 Å². The van der Waals surface area contributed by atoms with Gasteiger partial charge in [0.1, 0.15) is 0 Å². The number of likely N-dealkylation sites (tertiary alicyclic amines) is 1. The Balaban J connectivity index is 2.47. The van der Waals surface area contributed by atoms with Crippen LogP contribution in [0.25, 0.3) is 0 Å². The van der Waals surface area contributed by atoms with Crippen LogP contribution in [-0.2, 0) is 4.74 Å². The van der Waals surface area contributed by atoms with E-state index in [-0.39, 0.29) is 6.04 Å². The number of ether oxygens (including phenoxy) is 1. The minimum absolute atomic E-state index is 0.273. The number of rotatable bonds is 5. The van der Waals surface area contributed by atoms with E-state index < -0.39 is 0 Å². The molecule has 0 radical (unpaired) electrons. The van der Waals surface area contributed by atoms with Crippen LogP contribution in [0.1, 0.15) is 40.0 Å². The molecule has 1 fully saturated rings. The standard InChI is InChI=1S/C12H26N2O/c1-4-15-9-10(2)14-8-6-5-7-12(14)11(3)13/h10-12H,4-9,13H2,1-3H3. The molecule has 0 aliphatic carbocycles. The first-order valence-electron chi connectivity index (χ1n) is 6.25. The summed E-state index contributed by atoms with van der Waals surface area (Å²) in [6.07, 6.45) is 3.87. The van der Waals surface area contributed by atoms with Gasteiger partial charge >= 0.3 is 0 Å². The predicted molar refractivity (Wildman–Crippen MR) is 63.9 cm³/mol. The van der Waals surface area contributed by atoms with Crippen LogP contribution in [0, 0.1) is 0 Å². The largest absolute Gasteiger partial charge is 0.380 e. The highest BCUT2D eigenvalue weighted by Crippen LogP contribution is 2.21. The number of hydrogen-bond acceptors (Lipinski definition) is 3. The normalized spacial score (nSPS) is 27.6. The van der Waals surface area contributed by atoms with E-state index in [9.17, 15) is 0 Å². The smallest absolute Gasteiger partial charge is 0.0619 e. The van der Waals surface area contributed by atoms with Crippen molar-refractivity contribution in [3.63, 3.8) is 0 Å². The first kappa shape index (κ1) is 12.9. The summed E-state index contributed by atoms with van der Waals surface area (Å²) in [6, 6.07) is 1.32. The van der Waals surface area contributed by atoms with Gasteiger partial charge in [0.15, 0.2) is 0 Å². The van der Waals surface area contributed by atoms with Gasteiger partial charge in [-0.3, -0.25) is 4.90 Å². The Kier molecular flexibility index (Phi) is 5.58. The summed E-state index contributed by atoms with van der Waals surface area (Å²) in [5.74, 6) is 0. The van der Waals surface area contributed by atoms with E-state index in [1.165, 1.54) is 25.8 Å². The summed E-state index contributed by atoms with van der Waals surface area (Å²) >= 11 is 0. The van der Waals surface area contributed by atoms with Gasteiger partial charge in [-0.2, -0.15) is 0 Å². The molecule has 1 rings (SSSR count). The zero-order valence-corrected chi connectivity index (χ0v) is 10.4. The maximum atomic E-state index is 6.04. The van der Waals surface area contributed by atoms with Gasteiger partial charge in [0.2, 0.25) is 0 Å². The van der Waals surface area contributed by atoms with Gasteiger partial charge in [-0.15, -0.1) is 0 Å². The zero-order chi connectivity index (χ0) is 11.3. The van der Waals surface area contributed by atoms with Crippen LogP contribution >= 0.6 is 0 Å². The second-order valence-corrected chi connectivity index (χ2v) is 4.67. The average Bonchev–Trinajstić information content (AvgIpc) is 2.25. The molecule has 3 unspecified atom stereocenters. The first-order valence-corrected chi connectivity index (χ1v) is 6.25. The number of nitrogens with two attached hydrogens (primary N) is 1. The van der Waals surface area contributed by atoms with E-state index >= 15 is 0 Å². The maximum absolute atomic E-state index is 6.04. The van der Waals surface area contributed by atoms with Crippen molar-refractivity contribution < 1.29 is 4.74 Å². The molecule has 2 N–H and O–H groups in total. The average molecular weight is 214 g/mol. The summed E-state index contributed by atoms with van der Waals surface area (Å²) in [6.45, 7) is 9.24. The molecule has 1 saturated heterocycles. The molecular formula is C12H26N2O. The van der Waals surface area contributed by atoms with Gasteiger partial charge in [-0.25, -0.2) is 0 Å². The molecule has 0 spiro atoms. The fourth-order valence-corrected chi connectivity index (χ4v) is 2.48. The second-order valence-electron chi connectivity index (χ2n) is 4.67. The third-order valence-electron chi connectivity index (χ3n) is 3.33. The summed E-state index contributed by atoms with van der Waals surface area (Å²) in [5, 5.41) is 0. The van der Waals surface area contributed by atoms with Gasteiger partial charge in [-0.05, 0) is 40.2 Å². The predicted octanol–water partition coefficient (Wildman–Crippen LogP) is 1.61. The summed E-state index contributed by atoms with van der Waals surface area (Å²) < 4.78 is 5.49. The van der Waals surface area contributed by atoms with Gasteiger partial charge in [0.05, 0.1) is 6.61 Å². The Labute approximate surface area is 94.0 Å². The molecule has 1 aliphatic rings. The van der Waals surface area contributed by atoms with Crippen molar-refractivity contribution in [1.29, 1.82) is 0 Å². The van der Waals surface area contributed by atoms with Gasteiger partial charge in [-0.1, -0.05) is 6.42 Å². The number of nitrogens with zero attached hydrogens (tertiary/aromatic N) is 1. The van der Waals surface area contributed by atoms with Crippen LogP contribution < -0.4 is 5.73 Å². The summed E-state index contributed by atoms with van der Waals surface area (Å²) in [5.41, 5.74) is 6.04. The van der Waals surface area contributed by atoms with Crippen LogP contribution in [0.2, 0.25) is 0 Å². The molecule has 3 heteroatoms. The molecule has 1 aliphatic heterocycles. The number of hydrogen-bond donors (Lipinski definition) is 1. The monoisotopic (exact) mass is 214 g/mol. The van der Waals surface area contributed by atoms with Crippen molar-refractivity contribution in [1.82, 2.24) is 4.90 Å². The van der Waals surface area contributed by atoms with Crippen LogP contribution in [0.3, 0.4) is 0 Å². The second kappa shape index (κ2) is 6.46. The molecule has 0 bridgehead atoms. The third-order valence-corrected chi connectivity index (χ3v) is 3.33. The lowest BCUT2D eigenvalue weighted by Crippen LogP contribution is -2.53. The topological polar surface area (TPSA) is 38.5 Å². The molecular weight excluding hydrogens is 188 g/mol. The SMILES string of the molecule is CCOCC(C)N1CCCCC1C(C)N. The Hall–Kier alpha value is -0.120. The Morgan fingerprint density at radius 2 is 2.13 bits per heavy atom. The van der Waals surface area contributed by atoms with Gasteiger partial charge in [0, 0.05) is 24.7 Å². The highest BCUT2D eigenvalue weighted by Gasteiger charge is 2.28.